The van der Waals surface area contributed by atoms with Gasteiger partial charge in [0.25, 0.3) is 0 Å². The van der Waals surface area contributed by atoms with Crippen LogP contribution in [0.2, 0.25) is 0 Å². The minimum absolute atomic E-state index is 0.116. The van der Waals surface area contributed by atoms with Gasteiger partial charge in [-0.3, -0.25) is 9.36 Å². The van der Waals surface area contributed by atoms with E-state index in [1.807, 2.05) is 98.6 Å². The number of aromatic nitrogens is 2. The molecule has 0 saturated carbocycles. The Hall–Kier alpha value is -3.93. The van der Waals surface area contributed by atoms with Crippen molar-refractivity contribution in [3.63, 3.8) is 0 Å². The second kappa shape index (κ2) is 8.44. The molecule has 4 rings (SSSR count). The van der Waals surface area contributed by atoms with Crippen molar-refractivity contribution in [3.05, 3.63) is 94.4 Å². The molecule has 31 heavy (non-hydrogen) atoms. The summed E-state index contributed by atoms with van der Waals surface area (Å²) in [5.74, 6) is 0.277. The average molecular weight is 412 g/mol. The lowest BCUT2D eigenvalue weighted by Crippen LogP contribution is -2.31. The van der Waals surface area contributed by atoms with Gasteiger partial charge in [0.15, 0.2) is 0 Å². The van der Waals surface area contributed by atoms with E-state index < -0.39 is 5.69 Å². The minimum Gasteiger partial charge on any atom is -0.329 e. The van der Waals surface area contributed by atoms with Gasteiger partial charge in [-0.2, -0.15) is 4.98 Å². The molecule has 1 heterocycles. The van der Waals surface area contributed by atoms with Gasteiger partial charge >= 0.3 is 5.69 Å². The molecule has 0 spiro atoms. The van der Waals surface area contributed by atoms with Crippen LogP contribution in [0.1, 0.15) is 11.1 Å². The number of nitrogens with zero attached hydrogens (tertiary/aromatic N) is 3. The van der Waals surface area contributed by atoms with Gasteiger partial charge in [-0.1, -0.05) is 36.4 Å². The fraction of sp³-hybridized carbons (Fsp3) is 0.160. The third-order valence-corrected chi connectivity index (χ3v) is 5.42. The Morgan fingerprint density at radius 2 is 1.68 bits per heavy atom. The van der Waals surface area contributed by atoms with Crippen molar-refractivity contribution in [2.45, 2.75) is 20.4 Å². The molecule has 0 unspecified atom stereocenters. The van der Waals surface area contributed by atoms with Crippen LogP contribution in [-0.2, 0) is 11.3 Å². The molecule has 0 aliphatic rings. The summed E-state index contributed by atoms with van der Waals surface area (Å²) in [4.78, 5) is 31.8. The Balaban J connectivity index is 1.69. The quantitative estimate of drug-likeness (QED) is 0.527. The topological polar surface area (TPSA) is 67.2 Å². The van der Waals surface area contributed by atoms with Gasteiger partial charge in [0.2, 0.25) is 5.91 Å². The molecule has 0 radical (unpaired) electrons. The van der Waals surface area contributed by atoms with E-state index in [0.717, 1.165) is 22.2 Å². The van der Waals surface area contributed by atoms with Gasteiger partial charge in [0.05, 0.1) is 5.52 Å². The van der Waals surface area contributed by atoms with E-state index >= 15 is 0 Å². The Bertz CT molecular complexity index is 1310. The van der Waals surface area contributed by atoms with E-state index in [1.54, 1.807) is 0 Å². The number of anilines is 3. The first-order valence-corrected chi connectivity index (χ1v) is 10.1. The van der Waals surface area contributed by atoms with E-state index in [-0.39, 0.29) is 12.5 Å². The van der Waals surface area contributed by atoms with E-state index in [2.05, 4.69) is 10.3 Å². The number of benzene rings is 3. The van der Waals surface area contributed by atoms with Crippen molar-refractivity contribution in [1.82, 2.24) is 9.55 Å². The highest BCUT2D eigenvalue weighted by molar-refractivity contribution is 5.94. The number of amides is 1. The molecule has 0 aliphatic carbocycles. The highest BCUT2D eigenvalue weighted by Crippen LogP contribution is 2.27. The van der Waals surface area contributed by atoms with Crippen LogP contribution in [0, 0.1) is 13.8 Å². The molecule has 6 nitrogen and oxygen atoms in total. The molecule has 0 atom stereocenters. The van der Waals surface area contributed by atoms with Crippen molar-refractivity contribution in [3.8, 4) is 0 Å². The zero-order chi connectivity index (χ0) is 22.0. The fourth-order valence-corrected chi connectivity index (χ4v) is 3.56. The van der Waals surface area contributed by atoms with Gasteiger partial charge in [0, 0.05) is 23.8 Å². The molecule has 0 fully saturated rings. The number of fused-ring (bicyclic) bond motifs is 1. The Kier molecular flexibility index (Phi) is 5.54. The van der Waals surface area contributed by atoms with Crippen molar-refractivity contribution in [2.75, 3.05) is 17.3 Å². The van der Waals surface area contributed by atoms with Gasteiger partial charge in [-0.05, 0) is 61.4 Å². The summed E-state index contributed by atoms with van der Waals surface area (Å²) in [6.07, 6.45) is 0. The number of carbonyl (C=O) groups is 1. The molecular weight excluding hydrogens is 388 g/mol. The van der Waals surface area contributed by atoms with Crippen molar-refractivity contribution in [1.29, 1.82) is 0 Å². The Morgan fingerprint density at radius 3 is 2.42 bits per heavy atom. The van der Waals surface area contributed by atoms with Crippen LogP contribution in [-0.4, -0.2) is 22.5 Å². The number of aryl methyl sites for hydroxylation is 2. The van der Waals surface area contributed by atoms with Crippen LogP contribution >= 0.6 is 0 Å². The number of hydrogen-bond acceptors (Lipinski definition) is 4. The molecule has 1 amide bonds. The van der Waals surface area contributed by atoms with Crippen LogP contribution < -0.4 is 15.9 Å². The van der Waals surface area contributed by atoms with Gasteiger partial charge in [-0.25, -0.2) is 4.79 Å². The second-order valence-corrected chi connectivity index (χ2v) is 7.56. The summed E-state index contributed by atoms with van der Waals surface area (Å²) in [7, 11) is 1.88. The maximum atomic E-state index is 12.9. The average Bonchev–Trinajstić information content (AvgIpc) is 2.78. The lowest BCUT2D eigenvalue weighted by Gasteiger charge is -2.21. The molecular formula is C25H24N4O2. The van der Waals surface area contributed by atoms with E-state index in [4.69, 9.17) is 0 Å². The number of hydrogen-bond donors (Lipinski definition) is 1. The molecule has 0 bridgehead atoms. The van der Waals surface area contributed by atoms with E-state index in [1.165, 1.54) is 4.57 Å². The Labute approximate surface area is 180 Å². The monoisotopic (exact) mass is 412 g/mol. The molecule has 1 aromatic heterocycles. The third kappa shape index (κ3) is 4.19. The summed E-state index contributed by atoms with van der Waals surface area (Å²) in [6, 6.07) is 23.0. The normalized spacial score (nSPS) is 10.8. The molecule has 3 aromatic carbocycles. The predicted molar refractivity (Wildman–Crippen MR) is 125 cm³/mol. The first kappa shape index (κ1) is 20.3. The fourth-order valence-electron chi connectivity index (χ4n) is 3.56. The number of para-hydroxylation sites is 2. The molecule has 156 valence electrons. The van der Waals surface area contributed by atoms with Crippen LogP contribution in [0.25, 0.3) is 10.9 Å². The summed E-state index contributed by atoms with van der Waals surface area (Å²) in [5.41, 5.74) is 4.07. The molecule has 1 N–H and O–H groups in total. The number of rotatable bonds is 5. The number of carbonyl (C=O) groups excluding carboxylic acids is 1. The summed E-state index contributed by atoms with van der Waals surface area (Å²) in [6.45, 7) is 3.90. The molecule has 6 heteroatoms. The second-order valence-electron chi connectivity index (χ2n) is 7.56. The van der Waals surface area contributed by atoms with E-state index in [0.29, 0.717) is 17.0 Å². The SMILES string of the molecule is Cc1ccc(NC(=O)Cn2c(=O)nc(N(C)c3ccccc3)c3ccccc32)cc1C. The maximum Gasteiger partial charge on any atom is 0.350 e. The first-order valence-electron chi connectivity index (χ1n) is 10.1. The van der Waals surface area contributed by atoms with Crippen molar-refractivity contribution in [2.24, 2.45) is 0 Å². The van der Waals surface area contributed by atoms with Crippen LogP contribution in [0.5, 0.6) is 0 Å². The number of nitrogens with one attached hydrogen (secondary N) is 1. The zero-order valence-corrected chi connectivity index (χ0v) is 17.8. The molecule has 0 aliphatic heterocycles. The summed E-state index contributed by atoms with van der Waals surface area (Å²) in [5, 5.41) is 3.68. The molecule has 0 saturated heterocycles. The Morgan fingerprint density at radius 1 is 0.968 bits per heavy atom. The summed E-state index contributed by atoms with van der Waals surface area (Å²) >= 11 is 0. The third-order valence-electron chi connectivity index (χ3n) is 5.42. The lowest BCUT2D eigenvalue weighted by molar-refractivity contribution is -0.116. The van der Waals surface area contributed by atoms with Crippen molar-refractivity contribution < 1.29 is 4.79 Å². The van der Waals surface area contributed by atoms with Crippen LogP contribution in [0.4, 0.5) is 17.2 Å². The smallest absolute Gasteiger partial charge is 0.329 e. The highest BCUT2D eigenvalue weighted by Gasteiger charge is 2.16. The zero-order valence-electron chi connectivity index (χ0n) is 17.8. The standard InChI is InChI=1S/C25H24N4O2/c1-17-13-14-19(15-18(17)2)26-23(30)16-29-22-12-8-7-11-21(22)24(27-25(29)31)28(3)20-9-5-4-6-10-20/h4-15H,16H2,1-3H3,(H,26,30). The highest BCUT2D eigenvalue weighted by atomic mass is 16.2. The van der Waals surface area contributed by atoms with Crippen molar-refractivity contribution >= 4 is 34.0 Å². The lowest BCUT2D eigenvalue weighted by atomic mass is 10.1. The van der Waals surface area contributed by atoms with Gasteiger partial charge in [-0.15, -0.1) is 0 Å². The summed E-state index contributed by atoms with van der Waals surface area (Å²) < 4.78 is 1.41. The van der Waals surface area contributed by atoms with Gasteiger partial charge < -0.3 is 10.2 Å². The molecule has 4 aromatic rings. The minimum atomic E-state index is -0.466. The van der Waals surface area contributed by atoms with Gasteiger partial charge in [0.1, 0.15) is 12.4 Å². The first-order chi connectivity index (χ1) is 14.9. The predicted octanol–water partition coefficient (Wildman–Crippen LogP) is 4.42. The maximum absolute atomic E-state index is 12.9. The van der Waals surface area contributed by atoms with E-state index in [9.17, 15) is 9.59 Å². The van der Waals surface area contributed by atoms with Crippen LogP contribution in [0.15, 0.2) is 77.6 Å². The van der Waals surface area contributed by atoms with Crippen LogP contribution in [0.3, 0.4) is 0 Å². The largest absolute Gasteiger partial charge is 0.350 e.